The predicted molar refractivity (Wildman–Crippen MR) is 108 cm³/mol. The number of β-amino-alcohol motifs (C(OH)–C–C–N with tert-alkyl or cyclic N) is 1. The number of aromatic nitrogens is 1. The van der Waals surface area contributed by atoms with E-state index in [0.717, 1.165) is 0 Å². The summed E-state index contributed by atoms with van der Waals surface area (Å²) >= 11 is 0. The molecule has 3 aromatic rings. The molecule has 2 heterocycles. The number of hydrogen-bond donors (Lipinski definition) is 1. The Labute approximate surface area is 168 Å². The lowest BCUT2D eigenvalue weighted by atomic mass is 10.1. The Bertz CT molecular complexity index is 1130. The minimum Gasteiger partial charge on any atom is -0.387 e. The highest BCUT2D eigenvalue weighted by molar-refractivity contribution is 7.86. The van der Waals surface area contributed by atoms with Crippen molar-refractivity contribution < 1.29 is 22.3 Å². The SMILES string of the molecule is CN1CCCN(CC(C)(O)Cn2c3ccc(F)cc3c3cc(F)ccc32)S1(=O)=O. The Morgan fingerprint density at radius 3 is 2.10 bits per heavy atom. The predicted octanol–water partition coefficient (Wildman–Crippen LogP) is 2.71. The molecule has 1 fully saturated rings. The van der Waals surface area contributed by atoms with Gasteiger partial charge in [-0.3, -0.25) is 0 Å². The Morgan fingerprint density at radius 1 is 1.00 bits per heavy atom. The van der Waals surface area contributed by atoms with Crippen LogP contribution < -0.4 is 0 Å². The highest BCUT2D eigenvalue weighted by atomic mass is 32.2. The van der Waals surface area contributed by atoms with E-state index in [9.17, 15) is 22.3 Å². The van der Waals surface area contributed by atoms with Gasteiger partial charge in [0.05, 0.1) is 12.1 Å². The first-order valence-corrected chi connectivity index (χ1v) is 10.8. The first-order chi connectivity index (χ1) is 13.6. The zero-order valence-electron chi connectivity index (χ0n) is 16.3. The van der Waals surface area contributed by atoms with Crippen LogP contribution in [0.25, 0.3) is 21.8 Å². The van der Waals surface area contributed by atoms with Crippen LogP contribution in [0, 0.1) is 11.6 Å². The van der Waals surface area contributed by atoms with Gasteiger partial charge in [0.15, 0.2) is 0 Å². The summed E-state index contributed by atoms with van der Waals surface area (Å²) in [5, 5.41) is 12.2. The van der Waals surface area contributed by atoms with Gasteiger partial charge in [0.25, 0.3) is 10.2 Å². The van der Waals surface area contributed by atoms with Crippen molar-refractivity contribution in [2.75, 3.05) is 26.7 Å². The number of nitrogens with zero attached hydrogens (tertiary/aromatic N) is 3. The molecular formula is C20H23F2N3O3S. The van der Waals surface area contributed by atoms with E-state index in [0.29, 0.717) is 41.3 Å². The van der Waals surface area contributed by atoms with Crippen LogP contribution >= 0.6 is 0 Å². The van der Waals surface area contributed by atoms with E-state index in [1.165, 1.54) is 39.9 Å². The van der Waals surface area contributed by atoms with Crippen molar-refractivity contribution in [3.63, 3.8) is 0 Å². The van der Waals surface area contributed by atoms with Crippen molar-refractivity contribution in [1.29, 1.82) is 0 Å². The average molecular weight is 423 g/mol. The smallest absolute Gasteiger partial charge is 0.281 e. The van der Waals surface area contributed by atoms with Gasteiger partial charge in [0.2, 0.25) is 0 Å². The van der Waals surface area contributed by atoms with E-state index in [4.69, 9.17) is 0 Å². The van der Waals surface area contributed by atoms with Gasteiger partial charge < -0.3 is 9.67 Å². The van der Waals surface area contributed by atoms with Crippen LogP contribution in [0.3, 0.4) is 0 Å². The molecule has 6 nitrogen and oxygen atoms in total. The summed E-state index contributed by atoms with van der Waals surface area (Å²) in [6.07, 6.45) is 0.680. The highest BCUT2D eigenvalue weighted by Crippen LogP contribution is 2.32. The number of benzene rings is 2. The van der Waals surface area contributed by atoms with Crippen LogP contribution in [-0.2, 0) is 16.8 Å². The maximum Gasteiger partial charge on any atom is 0.281 e. The molecule has 1 aromatic heterocycles. The van der Waals surface area contributed by atoms with Crippen molar-refractivity contribution in [2.24, 2.45) is 0 Å². The van der Waals surface area contributed by atoms with Gasteiger partial charge in [-0.05, 0) is 49.7 Å². The first kappa shape index (κ1) is 20.2. The second-order valence-electron chi connectivity index (χ2n) is 7.92. The van der Waals surface area contributed by atoms with Gasteiger partial charge in [0, 0.05) is 48.5 Å². The quantitative estimate of drug-likeness (QED) is 0.702. The zero-order valence-corrected chi connectivity index (χ0v) is 17.1. The fourth-order valence-corrected chi connectivity index (χ4v) is 5.60. The topological polar surface area (TPSA) is 65.8 Å². The van der Waals surface area contributed by atoms with E-state index in [1.54, 1.807) is 23.6 Å². The first-order valence-electron chi connectivity index (χ1n) is 9.39. The number of rotatable bonds is 4. The Kier molecular flexibility index (Phi) is 4.89. The maximum absolute atomic E-state index is 13.8. The van der Waals surface area contributed by atoms with Crippen molar-refractivity contribution in [2.45, 2.75) is 25.5 Å². The van der Waals surface area contributed by atoms with Crippen LogP contribution in [0.5, 0.6) is 0 Å². The Balaban J connectivity index is 1.74. The minimum atomic E-state index is -3.61. The molecule has 0 bridgehead atoms. The van der Waals surface area contributed by atoms with Crippen LogP contribution in [0.2, 0.25) is 0 Å². The van der Waals surface area contributed by atoms with E-state index in [1.807, 2.05) is 0 Å². The largest absolute Gasteiger partial charge is 0.387 e. The van der Waals surface area contributed by atoms with Crippen molar-refractivity contribution in [1.82, 2.24) is 13.2 Å². The van der Waals surface area contributed by atoms with E-state index >= 15 is 0 Å². The summed E-state index contributed by atoms with van der Waals surface area (Å²) in [5.41, 5.74) is -0.107. The Morgan fingerprint density at radius 2 is 1.55 bits per heavy atom. The number of halogens is 2. The summed E-state index contributed by atoms with van der Waals surface area (Å²) in [7, 11) is -2.09. The number of aliphatic hydroxyl groups is 1. The normalized spacial score (nSPS) is 20.3. The highest BCUT2D eigenvalue weighted by Gasteiger charge is 2.36. The fraction of sp³-hybridized carbons (Fsp3) is 0.400. The second-order valence-corrected chi connectivity index (χ2v) is 9.96. The zero-order chi connectivity index (χ0) is 21.0. The molecule has 1 atom stereocenters. The molecule has 156 valence electrons. The summed E-state index contributed by atoms with van der Waals surface area (Å²) in [6.45, 7) is 2.35. The van der Waals surface area contributed by atoms with E-state index in [2.05, 4.69) is 0 Å². The summed E-state index contributed by atoms with van der Waals surface area (Å²) in [5.74, 6) is -0.870. The van der Waals surface area contributed by atoms with Crippen molar-refractivity contribution in [3.05, 3.63) is 48.0 Å². The molecule has 0 spiro atoms. The van der Waals surface area contributed by atoms with E-state index in [-0.39, 0.29) is 13.1 Å². The van der Waals surface area contributed by atoms with Crippen LogP contribution in [0.15, 0.2) is 36.4 Å². The minimum absolute atomic E-state index is 0.0694. The lowest BCUT2D eigenvalue weighted by Gasteiger charge is -2.37. The van der Waals surface area contributed by atoms with Crippen molar-refractivity contribution >= 4 is 32.0 Å². The molecular weight excluding hydrogens is 400 g/mol. The summed E-state index contributed by atoms with van der Waals surface area (Å²) in [6, 6.07) is 8.48. The molecule has 0 amide bonds. The molecule has 0 saturated carbocycles. The maximum atomic E-state index is 13.8. The molecule has 1 unspecified atom stereocenters. The number of fused-ring (bicyclic) bond motifs is 3. The van der Waals surface area contributed by atoms with Gasteiger partial charge in [-0.1, -0.05) is 0 Å². The third-order valence-corrected chi connectivity index (χ3v) is 7.34. The molecule has 1 aliphatic heterocycles. The molecule has 0 radical (unpaired) electrons. The van der Waals surface area contributed by atoms with Crippen molar-refractivity contribution in [3.8, 4) is 0 Å². The Hall–Kier alpha value is -2.07. The molecule has 29 heavy (non-hydrogen) atoms. The van der Waals surface area contributed by atoms with Gasteiger partial charge in [0.1, 0.15) is 11.6 Å². The third-order valence-electron chi connectivity index (χ3n) is 5.41. The summed E-state index contributed by atoms with van der Waals surface area (Å²) in [4.78, 5) is 0. The monoisotopic (exact) mass is 423 g/mol. The lowest BCUT2D eigenvalue weighted by Crippen LogP contribution is -2.53. The molecule has 4 rings (SSSR count). The molecule has 1 saturated heterocycles. The van der Waals surface area contributed by atoms with Crippen LogP contribution in [0.4, 0.5) is 8.78 Å². The fourth-order valence-electron chi connectivity index (χ4n) is 4.05. The molecule has 1 aliphatic rings. The van der Waals surface area contributed by atoms with E-state index < -0.39 is 27.4 Å². The molecule has 9 heteroatoms. The third kappa shape index (κ3) is 3.63. The van der Waals surface area contributed by atoms with Crippen LogP contribution in [-0.4, -0.2) is 59.0 Å². The van der Waals surface area contributed by atoms with Gasteiger partial charge >= 0.3 is 0 Å². The summed E-state index contributed by atoms with van der Waals surface area (Å²) < 4.78 is 57.1. The second kappa shape index (κ2) is 7.02. The van der Waals surface area contributed by atoms with Gasteiger partial charge in [-0.25, -0.2) is 8.78 Å². The lowest BCUT2D eigenvalue weighted by molar-refractivity contribution is 0.0229. The van der Waals surface area contributed by atoms with Gasteiger partial charge in [-0.2, -0.15) is 17.0 Å². The standard InChI is InChI=1S/C20H23F2N3O3S/c1-20(26,12-24-9-3-8-23(2)29(24,27)28)13-25-18-6-4-14(21)10-16(18)17-11-15(22)5-7-19(17)25/h4-7,10-11,26H,3,8-9,12-13H2,1-2H3. The van der Waals surface area contributed by atoms with Crippen LogP contribution in [0.1, 0.15) is 13.3 Å². The average Bonchev–Trinajstić information content (AvgIpc) is 2.91. The van der Waals surface area contributed by atoms with Gasteiger partial charge in [-0.15, -0.1) is 0 Å². The molecule has 0 aliphatic carbocycles. The molecule has 1 N–H and O–H groups in total. The number of hydrogen-bond acceptors (Lipinski definition) is 3. The molecule has 2 aromatic carbocycles.